The zero-order valence-electron chi connectivity index (χ0n) is 9.24. The predicted molar refractivity (Wildman–Crippen MR) is 62.3 cm³/mol. The molecule has 0 spiro atoms. The first-order chi connectivity index (χ1) is 7.66. The highest BCUT2D eigenvalue weighted by Gasteiger charge is 2.15. The van der Waals surface area contributed by atoms with Crippen LogP contribution in [0.1, 0.15) is 32.1 Å². The molecule has 0 atom stereocenters. The number of nitrogens with zero attached hydrogens (tertiary/aromatic N) is 1. The molecule has 3 N–H and O–H groups in total. The number of hydrogen-bond donors (Lipinski definition) is 2. The molecule has 1 aromatic heterocycles. The van der Waals surface area contributed by atoms with E-state index in [2.05, 4.69) is 4.98 Å². The number of rotatable bonds is 2. The van der Waals surface area contributed by atoms with Gasteiger partial charge in [0.25, 0.3) is 5.56 Å². The number of aromatic amines is 1. The summed E-state index contributed by atoms with van der Waals surface area (Å²) in [6, 6.07) is 1.27. The minimum atomic E-state index is -0.428. The van der Waals surface area contributed by atoms with E-state index in [1.54, 1.807) is 0 Å². The smallest absolute Gasteiger partial charge is 0.329 e. The van der Waals surface area contributed by atoms with Crippen molar-refractivity contribution in [3.8, 4) is 0 Å². The fraction of sp³-hybridized carbons (Fsp3) is 0.636. The molecule has 5 nitrogen and oxygen atoms in total. The van der Waals surface area contributed by atoms with Crippen LogP contribution >= 0.6 is 0 Å². The summed E-state index contributed by atoms with van der Waals surface area (Å²) < 4.78 is 1.47. The minimum Gasteiger partial charge on any atom is -0.385 e. The van der Waals surface area contributed by atoms with E-state index in [4.69, 9.17) is 5.73 Å². The highest BCUT2D eigenvalue weighted by molar-refractivity contribution is 5.26. The van der Waals surface area contributed by atoms with Crippen LogP contribution < -0.4 is 17.0 Å². The largest absolute Gasteiger partial charge is 0.385 e. The summed E-state index contributed by atoms with van der Waals surface area (Å²) >= 11 is 0. The first-order valence-electron chi connectivity index (χ1n) is 5.76. The Balaban J connectivity index is 2.20. The number of anilines is 1. The Morgan fingerprint density at radius 1 is 1.31 bits per heavy atom. The molecule has 0 radical (unpaired) electrons. The Morgan fingerprint density at radius 2 is 2.00 bits per heavy atom. The maximum absolute atomic E-state index is 11.6. The van der Waals surface area contributed by atoms with Crippen molar-refractivity contribution in [3.05, 3.63) is 26.9 Å². The van der Waals surface area contributed by atoms with Gasteiger partial charge in [0.2, 0.25) is 0 Å². The second kappa shape index (κ2) is 4.55. The normalized spacial score (nSPS) is 17.5. The van der Waals surface area contributed by atoms with Gasteiger partial charge in [0.05, 0.1) is 0 Å². The lowest BCUT2D eigenvalue weighted by Gasteiger charge is -2.22. The summed E-state index contributed by atoms with van der Waals surface area (Å²) in [6.45, 7) is 0.626. The van der Waals surface area contributed by atoms with Crippen molar-refractivity contribution in [1.82, 2.24) is 9.55 Å². The Bertz CT molecular complexity index is 469. The van der Waals surface area contributed by atoms with Crippen LogP contribution in [0.4, 0.5) is 5.82 Å². The van der Waals surface area contributed by atoms with Gasteiger partial charge in [0.15, 0.2) is 0 Å². The lowest BCUT2D eigenvalue weighted by atomic mass is 9.89. The average molecular weight is 223 g/mol. The van der Waals surface area contributed by atoms with Crippen LogP contribution in [0.25, 0.3) is 0 Å². The molecule has 88 valence electrons. The van der Waals surface area contributed by atoms with Crippen molar-refractivity contribution in [2.75, 3.05) is 5.73 Å². The van der Waals surface area contributed by atoms with Gasteiger partial charge in [-0.1, -0.05) is 19.3 Å². The third-order valence-corrected chi connectivity index (χ3v) is 3.23. The molecular formula is C11H17N3O2. The van der Waals surface area contributed by atoms with E-state index in [1.807, 2.05) is 0 Å². The minimum absolute atomic E-state index is 0.263. The van der Waals surface area contributed by atoms with Crippen LogP contribution in [-0.4, -0.2) is 9.55 Å². The van der Waals surface area contributed by atoms with Crippen LogP contribution in [0.5, 0.6) is 0 Å². The summed E-state index contributed by atoms with van der Waals surface area (Å²) in [6.07, 6.45) is 6.02. The van der Waals surface area contributed by atoms with Crippen LogP contribution in [0.15, 0.2) is 15.7 Å². The molecule has 0 amide bonds. The first-order valence-corrected chi connectivity index (χ1v) is 5.76. The number of hydrogen-bond acceptors (Lipinski definition) is 3. The van der Waals surface area contributed by atoms with Gasteiger partial charge in [-0.3, -0.25) is 14.3 Å². The van der Waals surface area contributed by atoms with Gasteiger partial charge in [-0.05, 0) is 18.8 Å². The molecule has 0 aliphatic heterocycles. The molecule has 2 rings (SSSR count). The van der Waals surface area contributed by atoms with Gasteiger partial charge < -0.3 is 5.73 Å². The average Bonchev–Trinajstić information content (AvgIpc) is 2.25. The van der Waals surface area contributed by atoms with Crippen molar-refractivity contribution < 1.29 is 0 Å². The van der Waals surface area contributed by atoms with Gasteiger partial charge in [-0.2, -0.15) is 0 Å². The SMILES string of the molecule is Nc1cc(=O)[nH]c(=O)n1CC1CCCCC1. The molecule has 1 aromatic rings. The summed E-state index contributed by atoms with van der Waals surface area (Å²) in [5.41, 5.74) is 4.86. The van der Waals surface area contributed by atoms with E-state index >= 15 is 0 Å². The monoisotopic (exact) mass is 223 g/mol. The first kappa shape index (κ1) is 11.0. The van der Waals surface area contributed by atoms with Crippen LogP contribution in [0.2, 0.25) is 0 Å². The third kappa shape index (κ3) is 2.35. The summed E-state index contributed by atoms with van der Waals surface area (Å²) in [7, 11) is 0. The molecule has 0 aromatic carbocycles. The zero-order chi connectivity index (χ0) is 11.5. The van der Waals surface area contributed by atoms with Crippen molar-refractivity contribution >= 4 is 5.82 Å². The number of nitrogens with two attached hydrogens (primary N) is 1. The molecule has 5 heteroatoms. The summed E-state index contributed by atoms with van der Waals surface area (Å²) in [5, 5.41) is 0. The summed E-state index contributed by atoms with van der Waals surface area (Å²) in [4.78, 5) is 24.8. The van der Waals surface area contributed by atoms with Gasteiger partial charge in [0, 0.05) is 12.6 Å². The van der Waals surface area contributed by atoms with Crippen molar-refractivity contribution in [3.63, 3.8) is 0 Å². The van der Waals surface area contributed by atoms with Crippen molar-refractivity contribution in [2.24, 2.45) is 5.92 Å². The Hall–Kier alpha value is -1.52. The van der Waals surface area contributed by atoms with E-state index < -0.39 is 11.2 Å². The number of aromatic nitrogens is 2. The molecule has 1 fully saturated rings. The quantitative estimate of drug-likeness (QED) is 0.774. The van der Waals surface area contributed by atoms with Crippen molar-refractivity contribution in [2.45, 2.75) is 38.6 Å². The van der Waals surface area contributed by atoms with E-state index in [0.29, 0.717) is 12.5 Å². The molecular weight excluding hydrogens is 206 g/mol. The standard InChI is InChI=1S/C11H17N3O2/c12-9-6-10(15)13-11(16)14(9)7-8-4-2-1-3-5-8/h6,8H,1-5,7,12H2,(H,13,15,16). The summed E-state index contributed by atoms with van der Waals surface area (Å²) in [5.74, 6) is 0.777. The number of nitrogens with one attached hydrogen (secondary N) is 1. The highest BCUT2D eigenvalue weighted by Crippen LogP contribution is 2.24. The molecule has 0 unspecified atom stereocenters. The molecule has 1 aliphatic carbocycles. The highest BCUT2D eigenvalue weighted by atomic mass is 16.2. The Labute approximate surface area is 93.3 Å². The van der Waals surface area contributed by atoms with Crippen molar-refractivity contribution in [1.29, 1.82) is 0 Å². The fourth-order valence-corrected chi connectivity index (χ4v) is 2.35. The van der Waals surface area contributed by atoms with Gasteiger partial charge >= 0.3 is 5.69 Å². The van der Waals surface area contributed by atoms with E-state index in [-0.39, 0.29) is 5.82 Å². The van der Waals surface area contributed by atoms with Crippen LogP contribution in [0.3, 0.4) is 0 Å². The maximum atomic E-state index is 11.6. The lowest BCUT2D eigenvalue weighted by molar-refractivity contribution is 0.316. The second-order valence-corrected chi connectivity index (χ2v) is 4.48. The van der Waals surface area contributed by atoms with Crippen LogP contribution in [-0.2, 0) is 6.54 Å². The molecule has 1 aliphatic rings. The molecule has 0 bridgehead atoms. The lowest BCUT2D eigenvalue weighted by Crippen LogP contribution is -2.33. The number of H-pyrrole nitrogens is 1. The molecule has 16 heavy (non-hydrogen) atoms. The topological polar surface area (TPSA) is 80.9 Å². The van der Waals surface area contributed by atoms with E-state index in [1.165, 1.54) is 29.9 Å². The van der Waals surface area contributed by atoms with E-state index in [9.17, 15) is 9.59 Å². The maximum Gasteiger partial charge on any atom is 0.329 e. The van der Waals surface area contributed by atoms with Gasteiger partial charge in [-0.25, -0.2) is 4.79 Å². The number of nitrogen functional groups attached to an aromatic ring is 1. The van der Waals surface area contributed by atoms with E-state index in [0.717, 1.165) is 12.8 Å². The van der Waals surface area contributed by atoms with Crippen LogP contribution in [0, 0.1) is 5.92 Å². The predicted octanol–water partition coefficient (Wildman–Crippen LogP) is 0.699. The zero-order valence-corrected chi connectivity index (χ0v) is 9.24. The molecule has 0 saturated heterocycles. The Kier molecular flexibility index (Phi) is 3.12. The fourth-order valence-electron chi connectivity index (χ4n) is 2.35. The third-order valence-electron chi connectivity index (χ3n) is 3.23. The van der Waals surface area contributed by atoms with Gasteiger partial charge in [0.1, 0.15) is 5.82 Å². The van der Waals surface area contributed by atoms with Gasteiger partial charge in [-0.15, -0.1) is 0 Å². The second-order valence-electron chi connectivity index (χ2n) is 4.48. The molecule has 1 heterocycles. The molecule has 1 saturated carbocycles. The Morgan fingerprint density at radius 3 is 2.62 bits per heavy atom.